The molecule has 0 radical (unpaired) electrons. The van der Waals surface area contributed by atoms with Crippen LogP contribution in [0.1, 0.15) is 5.69 Å². The molecule has 0 unspecified atom stereocenters. The maximum atomic E-state index is 13.5. The summed E-state index contributed by atoms with van der Waals surface area (Å²) in [6.45, 7) is 1.81. The first-order valence-electron chi connectivity index (χ1n) is 6.43. The number of nitrogen functional groups attached to an aromatic ring is 1. The Bertz CT molecular complexity index is 833. The van der Waals surface area contributed by atoms with E-state index in [9.17, 15) is 4.39 Å². The number of hydrogen-bond acceptors (Lipinski definition) is 5. The molecule has 0 saturated heterocycles. The SMILES string of the molecule is Cc1cc(-c2nnc(N)nc2-c2cccc(F)c2)cc(Cl)n1. The first-order chi connectivity index (χ1) is 10.5. The minimum Gasteiger partial charge on any atom is -0.366 e. The maximum Gasteiger partial charge on any atom is 0.240 e. The van der Waals surface area contributed by atoms with E-state index in [-0.39, 0.29) is 11.8 Å². The van der Waals surface area contributed by atoms with E-state index < -0.39 is 0 Å². The fourth-order valence-corrected chi connectivity index (χ4v) is 2.39. The van der Waals surface area contributed by atoms with E-state index >= 15 is 0 Å². The molecular formula is C15H11ClFN5. The molecule has 22 heavy (non-hydrogen) atoms. The molecule has 0 fully saturated rings. The van der Waals surface area contributed by atoms with Crippen molar-refractivity contribution in [3.05, 3.63) is 53.1 Å². The van der Waals surface area contributed by atoms with Crippen LogP contribution in [0.5, 0.6) is 0 Å². The highest BCUT2D eigenvalue weighted by molar-refractivity contribution is 6.29. The van der Waals surface area contributed by atoms with E-state index in [1.54, 1.807) is 24.3 Å². The number of pyridine rings is 1. The number of benzene rings is 1. The lowest BCUT2D eigenvalue weighted by Gasteiger charge is -2.09. The molecule has 0 aliphatic heterocycles. The van der Waals surface area contributed by atoms with E-state index in [4.69, 9.17) is 17.3 Å². The summed E-state index contributed by atoms with van der Waals surface area (Å²) in [5.74, 6) is -0.357. The van der Waals surface area contributed by atoms with Gasteiger partial charge < -0.3 is 5.73 Å². The van der Waals surface area contributed by atoms with Gasteiger partial charge in [0, 0.05) is 16.8 Å². The number of anilines is 1. The second-order valence-electron chi connectivity index (χ2n) is 4.70. The largest absolute Gasteiger partial charge is 0.366 e. The van der Waals surface area contributed by atoms with E-state index in [1.807, 2.05) is 6.92 Å². The highest BCUT2D eigenvalue weighted by Crippen LogP contribution is 2.30. The van der Waals surface area contributed by atoms with Gasteiger partial charge in [0.05, 0.1) is 0 Å². The summed E-state index contributed by atoms with van der Waals surface area (Å²) in [6.07, 6.45) is 0. The van der Waals surface area contributed by atoms with E-state index in [0.717, 1.165) is 5.69 Å². The second kappa shape index (κ2) is 5.65. The molecule has 5 nitrogen and oxygen atoms in total. The van der Waals surface area contributed by atoms with Gasteiger partial charge in [-0.05, 0) is 31.2 Å². The van der Waals surface area contributed by atoms with Crippen LogP contribution in [0.3, 0.4) is 0 Å². The number of nitrogens with two attached hydrogens (primary N) is 1. The molecule has 0 saturated carbocycles. The number of aryl methyl sites for hydroxylation is 1. The highest BCUT2D eigenvalue weighted by Gasteiger charge is 2.14. The Morgan fingerprint density at radius 3 is 2.55 bits per heavy atom. The molecule has 2 aromatic heterocycles. The summed E-state index contributed by atoms with van der Waals surface area (Å²) in [4.78, 5) is 8.30. The van der Waals surface area contributed by atoms with Crippen LogP contribution in [0.15, 0.2) is 36.4 Å². The van der Waals surface area contributed by atoms with Gasteiger partial charge in [-0.25, -0.2) is 14.4 Å². The van der Waals surface area contributed by atoms with Crippen molar-refractivity contribution in [1.29, 1.82) is 0 Å². The topological polar surface area (TPSA) is 77.6 Å². The third-order valence-electron chi connectivity index (χ3n) is 3.00. The molecular weight excluding hydrogens is 305 g/mol. The average Bonchev–Trinajstić information content (AvgIpc) is 2.46. The Morgan fingerprint density at radius 1 is 1.00 bits per heavy atom. The number of rotatable bonds is 2. The van der Waals surface area contributed by atoms with Gasteiger partial charge in [0.2, 0.25) is 5.95 Å². The Hall–Kier alpha value is -2.60. The predicted octanol–water partition coefficient (Wildman–Crippen LogP) is 3.28. The molecule has 110 valence electrons. The quantitative estimate of drug-likeness (QED) is 0.734. The lowest BCUT2D eigenvalue weighted by molar-refractivity contribution is 0.628. The van der Waals surface area contributed by atoms with Crippen LogP contribution < -0.4 is 5.73 Å². The normalized spacial score (nSPS) is 10.7. The third-order valence-corrected chi connectivity index (χ3v) is 3.19. The summed E-state index contributed by atoms with van der Waals surface area (Å²) in [5.41, 5.74) is 8.50. The van der Waals surface area contributed by atoms with Crippen molar-refractivity contribution in [2.75, 3.05) is 5.73 Å². The molecule has 3 rings (SSSR count). The van der Waals surface area contributed by atoms with Gasteiger partial charge in [-0.1, -0.05) is 23.7 Å². The number of nitrogens with zero attached hydrogens (tertiary/aromatic N) is 4. The molecule has 1 aromatic carbocycles. The van der Waals surface area contributed by atoms with Crippen molar-refractivity contribution < 1.29 is 4.39 Å². The van der Waals surface area contributed by atoms with Crippen LogP contribution in [-0.2, 0) is 0 Å². The molecule has 2 N–H and O–H groups in total. The van der Waals surface area contributed by atoms with Crippen LogP contribution in [-0.4, -0.2) is 20.2 Å². The van der Waals surface area contributed by atoms with Crippen LogP contribution >= 0.6 is 11.6 Å². The lowest BCUT2D eigenvalue weighted by Crippen LogP contribution is -2.03. The van der Waals surface area contributed by atoms with Gasteiger partial charge in [-0.2, -0.15) is 0 Å². The van der Waals surface area contributed by atoms with E-state index in [2.05, 4.69) is 20.2 Å². The summed E-state index contributed by atoms with van der Waals surface area (Å²) >= 11 is 5.99. The van der Waals surface area contributed by atoms with E-state index in [0.29, 0.717) is 27.7 Å². The van der Waals surface area contributed by atoms with Crippen molar-refractivity contribution in [1.82, 2.24) is 20.2 Å². The molecule has 2 heterocycles. The molecule has 7 heteroatoms. The monoisotopic (exact) mass is 315 g/mol. The maximum absolute atomic E-state index is 13.5. The zero-order valence-corrected chi connectivity index (χ0v) is 12.3. The minimum atomic E-state index is -0.371. The molecule has 0 aliphatic rings. The lowest BCUT2D eigenvalue weighted by atomic mass is 10.0. The van der Waals surface area contributed by atoms with Gasteiger partial charge >= 0.3 is 0 Å². The van der Waals surface area contributed by atoms with Crippen molar-refractivity contribution in [2.24, 2.45) is 0 Å². The van der Waals surface area contributed by atoms with Gasteiger partial charge in [0.25, 0.3) is 0 Å². The molecule has 3 aromatic rings. The van der Waals surface area contributed by atoms with Crippen LogP contribution in [0.4, 0.5) is 10.3 Å². The van der Waals surface area contributed by atoms with Crippen molar-refractivity contribution in [2.45, 2.75) is 6.92 Å². The minimum absolute atomic E-state index is 0.0138. The molecule has 0 spiro atoms. The van der Waals surface area contributed by atoms with Gasteiger partial charge in [0.1, 0.15) is 22.4 Å². The first kappa shape index (κ1) is 14.3. The standard InChI is InChI=1S/C15H11ClFN5/c1-8-5-10(7-12(16)19-8)14-13(20-15(18)22-21-14)9-3-2-4-11(17)6-9/h2-7H,1H3,(H2,18,20,22). The Labute approximate surface area is 131 Å². The summed E-state index contributed by atoms with van der Waals surface area (Å²) in [7, 11) is 0. The first-order valence-corrected chi connectivity index (χ1v) is 6.81. The van der Waals surface area contributed by atoms with Crippen molar-refractivity contribution in [3.63, 3.8) is 0 Å². The van der Waals surface area contributed by atoms with Gasteiger partial charge in [0.15, 0.2) is 0 Å². The van der Waals surface area contributed by atoms with Crippen LogP contribution in [0.25, 0.3) is 22.5 Å². The molecule has 0 atom stereocenters. The van der Waals surface area contributed by atoms with Gasteiger partial charge in [-0.3, -0.25) is 0 Å². The third kappa shape index (κ3) is 2.87. The number of aromatic nitrogens is 4. The van der Waals surface area contributed by atoms with Gasteiger partial charge in [-0.15, -0.1) is 10.2 Å². The highest BCUT2D eigenvalue weighted by atomic mass is 35.5. The average molecular weight is 316 g/mol. The number of hydrogen-bond donors (Lipinski definition) is 1. The fraction of sp³-hybridized carbons (Fsp3) is 0.0667. The van der Waals surface area contributed by atoms with Crippen molar-refractivity contribution >= 4 is 17.5 Å². The Balaban J connectivity index is 2.24. The summed E-state index contributed by atoms with van der Waals surface area (Å²) < 4.78 is 13.5. The smallest absolute Gasteiger partial charge is 0.240 e. The zero-order chi connectivity index (χ0) is 15.7. The van der Waals surface area contributed by atoms with Crippen LogP contribution in [0.2, 0.25) is 5.15 Å². The Morgan fingerprint density at radius 2 is 1.82 bits per heavy atom. The predicted molar refractivity (Wildman–Crippen MR) is 82.6 cm³/mol. The molecule has 0 bridgehead atoms. The summed E-state index contributed by atoms with van der Waals surface area (Å²) in [5, 5.41) is 8.21. The molecule has 0 amide bonds. The van der Waals surface area contributed by atoms with E-state index in [1.165, 1.54) is 12.1 Å². The number of halogens is 2. The summed E-state index contributed by atoms with van der Waals surface area (Å²) in [6, 6.07) is 9.50. The second-order valence-corrected chi connectivity index (χ2v) is 5.08. The van der Waals surface area contributed by atoms with Crippen molar-refractivity contribution in [3.8, 4) is 22.5 Å². The Kier molecular flexibility index (Phi) is 3.68. The van der Waals surface area contributed by atoms with Crippen LogP contribution in [0, 0.1) is 12.7 Å². The molecule has 0 aliphatic carbocycles. The zero-order valence-electron chi connectivity index (χ0n) is 11.6. The fourth-order valence-electron chi connectivity index (χ4n) is 2.13.